The molecular formula is C21H23NO3. The van der Waals surface area contributed by atoms with E-state index in [9.17, 15) is 9.59 Å². The third kappa shape index (κ3) is 6.26. The van der Waals surface area contributed by atoms with Crippen LogP contribution in [0.1, 0.15) is 35.3 Å². The number of allylic oxidation sites excluding steroid dienone is 1. The van der Waals surface area contributed by atoms with Gasteiger partial charge in [-0.3, -0.25) is 9.59 Å². The number of amides is 1. The summed E-state index contributed by atoms with van der Waals surface area (Å²) in [5.74, 6) is 0.304. The van der Waals surface area contributed by atoms with Crippen molar-refractivity contribution in [2.75, 3.05) is 6.61 Å². The number of hydrogen-bond acceptors (Lipinski definition) is 3. The van der Waals surface area contributed by atoms with Gasteiger partial charge < -0.3 is 10.1 Å². The minimum atomic E-state index is -0.170. The molecule has 2 rings (SSSR count). The second kappa shape index (κ2) is 8.83. The number of benzene rings is 2. The van der Waals surface area contributed by atoms with Crippen molar-refractivity contribution in [3.8, 4) is 5.75 Å². The van der Waals surface area contributed by atoms with E-state index in [4.69, 9.17) is 4.74 Å². The van der Waals surface area contributed by atoms with Crippen LogP contribution >= 0.6 is 0 Å². The molecule has 0 aliphatic heterocycles. The quantitative estimate of drug-likeness (QED) is 0.618. The molecule has 130 valence electrons. The van der Waals surface area contributed by atoms with E-state index in [1.807, 2.05) is 45.0 Å². The Labute approximate surface area is 148 Å². The summed E-state index contributed by atoms with van der Waals surface area (Å²) in [5, 5.41) is 2.75. The second-order valence-corrected chi connectivity index (χ2v) is 6.14. The molecule has 0 atom stereocenters. The topological polar surface area (TPSA) is 55.4 Å². The smallest absolute Gasteiger partial charge is 0.258 e. The number of ether oxygens (including phenoxy) is 1. The Bertz CT molecular complexity index is 744. The molecule has 2 aromatic rings. The summed E-state index contributed by atoms with van der Waals surface area (Å²) in [7, 11) is 0. The maximum Gasteiger partial charge on any atom is 0.258 e. The number of carbonyl (C=O) groups is 2. The fourth-order valence-electron chi connectivity index (χ4n) is 2.17. The maximum atomic E-state index is 12.2. The molecule has 0 heterocycles. The van der Waals surface area contributed by atoms with E-state index in [1.54, 1.807) is 36.4 Å². The number of nitrogens with one attached hydrogen (secondary N) is 1. The van der Waals surface area contributed by atoms with Crippen molar-refractivity contribution in [2.24, 2.45) is 0 Å². The van der Waals surface area contributed by atoms with Gasteiger partial charge in [-0.1, -0.05) is 35.9 Å². The number of aryl methyl sites for hydroxylation is 1. The monoisotopic (exact) mass is 337 g/mol. The fourth-order valence-corrected chi connectivity index (χ4v) is 2.17. The summed E-state index contributed by atoms with van der Waals surface area (Å²) < 4.78 is 5.40. The zero-order valence-corrected chi connectivity index (χ0v) is 14.8. The summed E-state index contributed by atoms with van der Waals surface area (Å²) in [6.07, 6.45) is 3.35. The molecule has 0 saturated carbocycles. The van der Waals surface area contributed by atoms with Crippen LogP contribution in [0.3, 0.4) is 0 Å². The van der Waals surface area contributed by atoms with Gasteiger partial charge in [0.1, 0.15) is 5.75 Å². The van der Waals surface area contributed by atoms with Gasteiger partial charge >= 0.3 is 0 Å². The van der Waals surface area contributed by atoms with E-state index >= 15 is 0 Å². The van der Waals surface area contributed by atoms with Crippen LogP contribution < -0.4 is 10.1 Å². The van der Waals surface area contributed by atoms with E-state index in [2.05, 4.69) is 5.32 Å². The van der Waals surface area contributed by atoms with Gasteiger partial charge in [-0.05, 0) is 56.7 Å². The Balaban J connectivity index is 1.91. The normalized spacial score (nSPS) is 10.9. The lowest BCUT2D eigenvalue weighted by Crippen LogP contribution is -2.34. The molecule has 0 unspecified atom stereocenters. The van der Waals surface area contributed by atoms with Crippen LogP contribution in [0.15, 0.2) is 54.6 Å². The predicted molar refractivity (Wildman–Crippen MR) is 99.8 cm³/mol. The number of ketones is 1. The highest BCUT2D eigenvalue weighted by Crippen LogP contribution is 2.14. The van der Waals surface area contributed by atoms with Crippen LogP contribution in [-0.4, -0.2) is 24.3 Å². The summed E-state index contributed by atoms with van der Waals surface area (Å²) in [5.41, 5.74) is 2.73. The summed E-state index contributed by atoms with van der Waals surface area (Å²) in [4.78, 5) is 23.7. The van der Waals surface area contributed by atoms with Gasteiger partial charge in [0.05, 0.1) is 0 Å². The maximum absolute atomic E-state index is 12.2. The molecule has 0 bridgehead atoms. The highest BCUT2D eigenvalue weighted by atomic mass is 16.5. The molecule has 4 heteroatoms. The molecular weight excluding hydrogens is 314 g/mol. The molecule has 0 aliphatic carbocycles. The zero-order valence-electron chi connectivity index (χ0n) is 14.8. The van der Waals surface area contributed by atoms with Crippen LogP contribution in [-0.2, 0) is 4.79 Å². The summed E-state index contributed by atoms with van der Waals surface area (Å²) >= 11 is 0. The Hall–Kier alpha value is -2.88. The van der Waals surface area contributed by atoms with Gasteiger partial charge in [-0.2, -0.15) is 0 Å². The Morgan fingerprint density at radius 2 is 1.68 bits per heavy atom. The van der Waals surface area contributed by atoms with Crippen LogP contribution in [0, 0.1) is 6.92 Å². The Kier molecular flexibility index (Phi) is 6.52. The second-order valence-electron chi connectivity index (χ2n) is 6.14. The first-order valence-corrected chi connectivity index (χ1v) is 8.25. The highest BCUT2D eigenvalue weighted by molar-refractivity contribution is 6.06. The van der Waals surface area contributed by atoms with Crippen molar-refractivity contribution in [2.45, 2.75) is 26.8 Å². The number of rotatable bonds is 7. The van der Waals surface area contributed by atoms with Crippen molar-refractivity contribution < 1.29 is 14.3 Å². The van der Waals surface area contributed by atoms with Crippen molar-refractivity contribution in [3.05, 3.63) is 71.3 Å². The van der Waals surface area contributed by atoms with E-state index in [1.165, 1.54) is 5.56 Å². The Morgan fingerprint density at radius 1 is 1.04 bits per heavy atom. The molecule has 0 aliphatic rings. The largest absolute Gasteiger partial charge is 0.484 e. The average molecular weight is 337 g/mol. The zero-order chi connectivity index (χ0) is 18.2. The molecule has 1 N–H and O–H groups in total. The van der Waals surface area contributed by atoms with Gasteiger partial charge in [0.25, 0.3) is 5.91 Å². The van der Waals surface area contributed by atoms with Gasteiger partial charge in [-0.25, -0.2) is 0 Å². The van der Waals surface area contributed by atoms with E-state index < -0.39 is 0 Å². The number of hydrogen-bond donors (Lipinski definition) is 1. The Morgan fingerprint density at radius 3 is 2.28 bits per heavy atom. The van der Waals surface area contributed by atoms with Crippen LogP contribution in [0.2, 0.25) is 0 Å². The van der Waals surface area contributed by atoms with E-state index in [-0.39, 0.29) is 24.3 Å². The van der Waals surface area contributed by atoms with Crippen LogP contribution in [0.25, 0.3) is 6.08 Å². The van der Waals surface area contributed by atoms with E-state index in [0.717, 1.165) is 5.56 Å². The highest BCUT2D eigenvalue weighted by Gasteiger charge is 2.06. The van der Waals surface area contributed by atoms with Gasteiger partial charge in [0, 0.05) is 11.6 Å². The molecule has 0 spiro atoms. The van der Waals surface area contributed by atoms with Crippen molar-refractivity contribution in [3.63, 3.8) is 0 Å². The average Bonchev–Trinajstić information content (AvgIpc) is 2.59. The first-order valence-electron chi connectivity index (χ1n) is 8.25. The van der Waals surface area contributed by atoms with Crippen molar-refractivity contribution in [1.82, 2.24) is 5.32 Å². The summed E-state index contributed by atoms with van der Waals surface area (Å²) in [6.45, 7) is 5.76. The lowest BCUT2D eigenvalue weighted by Gasteiger charge is -2.09. The first-order chi connectivity index (χ1) is 11.9. The molecule has 2 aromatic carbocycles. The lowest BCUT2D eigenvalue weighted by atomic mass is 10.1. The third-order valence-corrected chi connectivity index (χ3v) is 3.46. The minimum Gasteiger partial charge on any atom is -0.484 e. The molecule has 0 fully saturated rings. The number of carbonyl (C=O) groups excluding carboxylic acids is 2. The van der Waals surface area contributed by atoms with Crippen LogP contribution in [0.5, 0.6) is 5.75 Å². The standard InChI is InChI=1S/C21H23NO3/c1-15(2)22-21(24)14-25-19-11-9-18(10-12-19)20(23)13-8-17-6-4-16(3)5-7-17/h4-13,15H,14H2,1-3H3,(H,22,24)/b13-8+. The molecule has 4 nitrogen and oxygen atoms in total. The molecule has 1 amide bonds. The van der Waals surface area contributed by atoms with Crippen molar-refractivity contribution in [1.29, 1.82) is 0 Å². The SMILES string of the molecule is Cc1ccc(/C=C/C(=O)c2ccc(OCC(=O)NC(C)C)cc2)cc1. The van der Waals surface area contributed by atoms with Gasteiger partial charge in [0.15, 0.2) is 12.4 Å². The molecule has 0 radical (unpaired) electrons. The first kappa shape index (κ1) is 18.5. The predicted octanol–water partition coefficient (Wildman–Crippen LogP) is 3.79. The fraction of sp³-hybridized carbons (Fsp3) is 0.238. The summed E-state index contributed by atoms with van der Waals surface area (Å²) in [6, 6.07) is 14.8. The molecule has 0 aromatic heterocycles. The lowest BCUT2D eigenvalue weighted by molar-refractivity contribution is -0.123. The van der Waals surface area contributed by atoms with Crippen LogP contribution in [0.4, 0.5) is 0 Å². The third-order valence-electron chi connectivity index (χ3n) is 3.46. The molecule has 25 heavy (non-hydrogen) atoms. The molecule has 0 saturated heterocycles. The van der Waals surface area contributed by atoms with Gasteiger partial charge in [0.2, 0.25) is 0 Å². The van der Waals surface area contributed by atoms with Crippen molar-refractivity contribution >= 4 is 17.8 Å². The van der Waals surface area contributed by atoms with E-state index in [0.29, 0.717) is 11.3 Å². The minimum absolute atomic E-state index is 0.0429. The van der Waals surface area contributed by atoms with Gasteiger partial charge in [-0.15, -0.1) is 0 Å².